The minimum Gasteiger partial charge on any atom is -0.399 e. The molecular formula is C13H14N2O2S. The van der Waals surface area contributed by atoms with E-state index in [0.29, 0.717) is 5.88 Å². The van der Waals surface area contributed by atoms with E-state index in [1.807, 2.05) is 19.1 Å². The maximum atomic E-state index is 7.49. The number of rotatable bonds is 4. The lowest BCUT2D eigenvalue weighted by molar-refractivity contribution is 0.388. The fourth-order valence-electron chi connectivity index (χ4n) is 0.995. The quantitative estimate of drug-likeness (QED) is 0.391. The largest absolute Gasteiger partial charge is 0.399 e. The second-order valence-corrected chi connectivity index (χ2v) is 3.52. The molecule has 1 heterocycles. The Morgan fingerprint density at radius 1 is 1.44 bits per heavy atom. The van der Waals surface area contributed by atoms with Gasteiger partial charge in [-0.2, -0.15) is 0 Å². The fourth-order valence-corrected chi connectivity index (χ4v) is 1.17. The van der Waals surface area contributed by atoms with Crippen LogP contribution in [0.25, 0.3) is 0 Å². The number of ether oxygens (including phenoxy) is 2. The number of aromatic nitrogens is 1. The molecule has 0 aliphatic carbocycles. The smallest absolute Gasteiger partial charge is 0.366 e. The zero-order chi connectivity index (χ0) is 13.2. The Morgan fingerprint density at radius 3 is 2.94 bits per heavy atom. The van der Waals surface area contributed by atoms with E-state index in [9.17, 15) is 0 Å². The summed E-state index contributed by atoms with van der Waals surface area (Å²) in [5.41, 5.74) is 0. The lowest BCUT2D eigenvalue weighted by Gasteiger charge is -2.05. The number of nitrogens with one attached hydrogen (secondary N) is 1. The van der Waals surface area contributed by atoms with Gasteiger partial charge in [-0.05, 0) is 12.5 Å². The lowest BCUT2D eigenvalue weighted by atomic mass is 10.4. The molecule has 94 valence electrons. The number of allylic oxidation sites excluding steroid dienone is 3. The highest BCUT2D eigenvalue weighted by atomic mass is 32.1. The molecule has 1 N–H and O–H groups in total. The van der Waals surface area contributed by atoms with Crippen LogP contribution in [0.3, 0.4) is 0 Å². The molecule has 1 aromatic heterocycles. The van der Waals surface area contributed by atoms with Crippen LogP contribution in [0, 0.1) is 5.41 Å². The van der Waals surface area contributed by atoms with E-state index in [2.05, 4.69) is 4.98 Å². The van der Waals surface area contributed by atoms with Gasteiger partial charge in [0, 0.05) is 30.6 Å². The van der Waals surface area contributed by atoms with Crippen LogP contribution in [0.15, 0.2) is 48.7 Å². The molecule has 18 heavy (non-hydrogen) atoms. The summed E-state index contributed by atoms with van der Waals surface area (Å²) in [5.74, 6) is 0.252. The molecule has 0 amide bonds. The Morgan fingerprint density at radius 2 is 2.28 bits per heavy atom. The van der Waals surface area contributed by atoms with Gasteiger partial charge in [0.1, 0.15) is 0 Å². The van der Waals surface area contributed by atoms with Crippen LogP contribution in [0.5, 0.6) is 5.88 Å². The predicted octanol–water partition coefficient (Wildman–Crippen LogP) is 3.26. The Kier molecular flexibility index (Phi) is 6.35. The normalized spacial score (nSPS) is 10.7. The minimum atomic E-state index is -0.150. The molecule has 1 aromatic rings. The molecule has 5 heteroatoms. The van der Waals surface area contributed by atoms with Gasteiger partial charge < -0.3 is 9.47 Å². The van der Waals surface area contributed by atoms with Crippen LogP contribution in [0.2, 0.25) is 0 Å². The number of nitrogens with zero attached hydrogens (tertiary/aromatic N) is 1. The summed E-state index contributed by atoms with van der Waals surface area (Å²) in [6.07, 6.45) is 9.51. The second-order valence-electron chi connectivity index (χ2n) is 3.18. The Balaban J connectivity index is 2.38. The SMILES string of the molecule is CC/C=C\C=C/C(=N)OC(=S)Oc1ccccn1. The molecule has 4 nitrogen and oxygen atoms in total. The average molecular weight is 262 g/mol. The van der Waals surface area contributed by atoms with E-state index >= 15 is 0 Å². The first-order valence-corrected chi connectivity index (χ1v) is 5.85. The zero-order valence-corrected chi connectivity index (χ0v) is 10.8. The molecule has 0 radical (unpaired) electrons. The molecule has 0 saturated heterocycles. The van der Waals surface area contributed by atoms with Gasteiger partial charge >= 0.3 is 5.24 Å². The molecule has 0 bridgehead atoms. The Labute approximate surface area is 111 Å². The molecular weight excluding hydrogens is 248 g/mol. The van der Waals surface area contributed by atoms with Crippen LogP contribution in [-0.4, -0.2) is 16.1 Å². The number of thiocarbonyl (C=S) groups is 1. The van der Waals surface area contributed by atoms with Crippen molar-refractivity contribution >= 4 is 23.4 Å². The minimum absolute atomic E-state index is 0.0864. The maximum absolute atomic E-state index is 7.49. The van der Waals surface area contributed by atoms with Crippen molar-refractivity contribution in [3.63, 3.8) is 0 Å². The van der Waals surface area contributed by atoms with Gasteiger partial charge in [-0.25, -0.2) is 4.98 Å². The average Bonchev–Trinajstić information content (AvgIpc) is 2.35. The van der Waals surface area contributed by atoms with Crippen molar-refractivity contribution in [2.45, 2.75) is 13.3 Å². The van der Waals surface area contributed by atoms with Crippen molar-refractivity contribution in [1.29, 1.82) is 5.41 Å². The Bertz CT molecular complexity index is 455. The molecule has 0 spiro atoms. The van der Waals surface area contributed by atoms with Crippen molar-refractivity contribution in [3.8, 4) is 5.88 Å². The molecule has 0 aromatic carbocycles. The number of hydrogen-bond donors (Lipinski definition) is 1. The van der Waals surface area contributed by atoms with Crippen LogP contribution in [0.4, 0.5) is 0 Å². The predicted molar refractivity (Wildman–Crippen MR) is 74.8 cm³/mol. The Hall–Kier alpha value is -2.01. The monoisotopic (exact) mass is 262 g/mol. The van der Waals surface area contributed by atoms with Gasteiger partial charge in [0.25, 0.3) is 0 Å². The summed E-state index contributed by atoms with van der Waals surface area (Å²) in [6, 6.07) is 5.19. The van der Waals surface area contributed by atoms with E-state index in [0.717, 1.165) is 6.42 Å². The van der Waals surface area contributed by atoms with Gasteiger partial charge in [-0.15, -0.1) is 0 Å². The summed E-state index contributed by atoms with van der Waals surface area (Å²) in [4.78, 5) is 3.92. The molecule has 0 unspecified atom stereocenters. The third kappa shape index (κ3) is 5.91. The van der Waals surface area contributed by atoms with E-state index in [1.165, 1.54) is 6.08 Å². The molecule has 0 fully saturated rings. The van der Waals surface area contributed by atoms with E-state index in [4.69, 9.17) is 27.1 Å². The first kappa shape index (κ1) is 14.1. The first-order chi connectivity index (χ1) is 8.72. The van der Waals surface area contributed by atoms with E-state index in [-0.39, 0.29) is 11.1 Å². The molecule has 0 saturated carbocycles. The van der Waals surface area contributed by atoms with E-state index < -0.39 is 0 Å². The van der Waals surface area contributed by atoms with Crippen molar-refractivity contribution in [2.24, 2.45) is 0 Å². The van der Waals surface area contributed by atoms with Gasteiger partial charge in [0.05, 0.1) is 0 Å². The van der Waals surface area contributed by atoms with Crippen molar-refractivity contribution in [2.75, 3.05) is 0 Å². The summed E-state index contributed by atoms with van der Waals surface area (Å²) >= 11 is 4.84. The van der Waals surface area contributed by atoms with Crippen molar-refractivity contribution < 1.29 is 9.47 Å². The molecule has 0 aliphatic rings. The summed E-state index contributed by atoms with van der Waals surface area (Å²) < 4.78 is 10.1. The first-order valence-electron chi connectivity index (χ1n) is 5.45. The van der Waals surface area contributed by atoms with E-state index in [1.54, 1.807) is 30.5 Å². The molecule has 0 aliphatic heterocycles. The van der Waals surface area contributed by atoms with Gasteiger partial charge in [0.2, 0.25) is 11.8 Å². The van der Waals surface area contributed by atoms with Crippen LogP contribution < -0.4 is 4.74 Å². The van der Waals surface area contributed by atoms with Crippen molar-refractivity contribution in [3.05, 3.63) is 48.7 Å². The molecule has 0 atom stereocenters. The zero-order valence-electron chi connectivity index (χ0n) is 10.00. The third-order valence-corrected chi connectivity index (χ3v) is 1.92. The summed E-state index contributed by atoms with van der Waals surface area (Å²) in [5, 5.41) is 7.34. The third-order valence-electron chi connectivity index (χ3n) is 1.75. The fraction of sp³-hybridized carbons (Fsp3) is 0.154. The number of pyridine rings is 1. The highest BCUT2D eigenvalue weighted by Crippen LogP contribution is 2.04. The van der Waals surface area contributed by atoms with Crippen LogP contribution >= 0.6 is 12.2 Å². The van der Waals surface area contributed by atoms with Crippen LogP contribution in [-0.2, 0) is 4.74 Å². The summed E-state index contributed by atoms with van der Waals surface area (Å²) in [6.45, 7) is 2.03. The topological polar surface area (TPSA) is 55.2 Å². The van der Waals surface area contributed by atoms with Gasteiger partial charge in [-0.1, -0.05) is 31.2 Å². The molecule has 1 rings (SSSR count). The van der Waals surface area contributed by atoms with Gasteiger partial charge in [-0.3, -0.25) is 5.41 Å². The second kappa shape index (κ2) is 8.14. The maximum Gasteiger partial charge on any atom is 0.366 e. The summed E-state index contributed by atoms with van der Waals surface area (Å²) in [7, 11) is 0. The van der Waals surface area contributed by atoms with Crippen molar-refractivity contribution in [1.82, 2.24) is 4.98 Å². The highest BCUT2D eigenvalue weighted by molar-refractivity contribution is 7.79. The van der Waals surface area contributed by atoms with Gasteiger partial charge in [0.15, 0.2) is 0 Å². The van der Waals surface area contributed by atoms with Crippen LogP contribution in [0.1, 0.15) is 13.3 Å². The standard InChI is InChI=1S/C13H14N2O2S/c1-2-3-4-5-8-11(14)16-13(18)17-12-9-6-7-10-15-12/h3-10,14H,2H2,1H3/b4-3-,8-5-,14-11?. The highest BCUT2D eigenvalue weighted by Gasteiger charge is 2.03. The lowest BCUT2D eigenvalue weighted by Crippen LogP contribution is -2.14. The number of hydrogen-bond acceptors (Lipinski definition) is 5.